The number of nitrogens with zero attached hydrogens (tertiary/aromatic N) is 1. The van der Waals surface area contributed by atoms with E-state index in [1.807, 2.05) is 17.1 Å². The summed E-state index contributed by atoms with van der Waals surface area (Å²) in [5, 5.41) is 9.42. The van der Waals surface area contributed by atoms with Crippen molar-refractivity contribution in [1.82, 2.24) is 4.90 Å². The zero-order valence-electron chi connectivity index (χ0n) is 8.85. The van der Waals surface area contributed by atoms with Crippen LogP contribution < -0.4 is 0 Å². The van der Waals surface area contributed by atoms with Crippen molar-refractivity contribution < 1.29 is 9.90 Å². The largest absolute Gasteiger partial charge is 0.394 e. The van der Waals surface area contributed by atoms with Crippen LogP contribution in [0, 0.1) is 0 Å². The van der Waals surface area contributed by atoms with Gasteiger partial charge < -0.3 is 10.0 Å². The summed E-state index contributed by atoms with van der Waals surface area (Å²) in [7, 11) is 0. The zero-order valence-corrected chi connectivity index (χ0v) is 8.85. The predicted molar refractivity (Wildman–Crippen MR) is 58.3 cm³/mol. The second-order valence-corrected chi connectivity index (χ2v) is 4.32. The Balaban J connectivity index is 2.10. The highest BCUT2D eigenvalue weighted by atomic mass is 16.3. The van der Waals surface area contributed by atoms with Crippen LogP contribution in [0.15, 0.2) is 24.8 Å². The molecule has 15 heavy (non-hydrogen) atoms. The Labute approximate surface area is 90.1 Å². The van der Waals surface area contributed by atoms with Crippen LogP contribution in [0.1, 0.15) is 25.7 Å². The van der Waals surface area contributed by atoms with Crippen LogP contribution >= 0.6 is 0 Å². The number of hydrogen-bond donors (Lipinski definition) is 1. The Hall–Kier alpha value is -1.09. The smallest absolute Gasteiger partial charge is 0.224 e. The van der Waals surface area contributed by atoms with E-state index in [0.717, 1.165) is 12.8 Å². The molecule has 0 radical (unpaired) electrons. The Bertz CT molecular complexity index is 311. The van der Waals surface area contributed by atoms with Gasteiger partial charge in [-0.1, -0.05) is 18.2 Å². The van der Waals surface area contributed by atoms with Gasteiger partial charge in [-0.05, 0) is 19.3 Å². The van der Waals surface area contributed by atoms with E-state index in [0.29, 0.717) is 12.8 Å². The van der Waals surface area contributed by atoms with E-state index < -0.39 is 0 Å². The molecule has 3 nitrogen and oxygen atoms in total. The van der Waals surface area contributed by atoms with Gasteiger partial charge in [0, 0.05) is 6.42 Å². The Morgan fingerprint density at radius 2 is 2.53 bits per heavy atom. The summed E-state index contributed by atoms with van der Waals surface area (Å²) >= 11 is 0. The SMILES string of the molecule is C=CCCC(=O)N1[C@H]2C=C[C@]1(CO)CC2. The monoisotopic (exact) mass is 207 g/mol. The third-order valence-electron chi connectivity index (χ3n) is 3.42. The van der Waals surface area contributed by atoms with Gasteiger partial charge in [0.2, 0.25) is 5.91 Å². The van der Waals surface area contributed by atoms with E-state index in [1.54, 1.807) is 6.08 Å². The van der Waals surface area contributed by atoms with Gasteiger partial charge in [0.1, 0.15) is 0 Å². The fourth-order valence-corrected chi connectivity index (χ4v) is 2.60. The molecule has 1 saturated heterocycles. The van der Waals surface area contributed by atoms with Crippen molar-refractivity contribution in [3.8, 4) is 0 Å². The van der Waals surface area contributed by atoms with Crippen LogP contribution in [-0.4, -0.2) is 34.1 Å². The number of carbonyl (C=O) groups is 1. The molecule has 1 N–H and O–H groups in total. The Morgan fingerprint density at radius 3 is 3.07 bits per heavy atom. The molecule has 3 heteroatoms. The molecule has 2 rings (SSSR count). The average molecular weight is 207 g/mol. The topological polar surface area (TPSA) is 40.5 Å². The molecule has 2 aliphatic rings. The van der Waals surface area contributed by atoms with Gasteiger partial charge in [0.25, 0.3) is 0 Å². The van der Waals surface area contributed by atoms with Gasteiger partial charge in [0.15, 0.2) is 0 Å². The van der Waals surface area contributed by atoms with Crippen molar-refractivity contribution in [3.63, 3.8) is 0 Å². The molecule has 2 aliphatic heterocycles. The van der Waals surface area contributed by atoms with Crippen molar-refractivity contribution in [3.05, 3.63) is 24.8 Å². The van der Waals surface area contributed by atoms with Crippen LogP contribution in [0.5, 0.6) is 0 Å². The van der Waals surface area contributed by atoms with E-state index in [4.69, 9.17) is 0 Å². The summed E-state index contributed by atoms with van der Waals surface area (Å²) < 4.78 is 0. The molecule has 2 heterocycles. The second kappa shape index (κ2) is 3.81. The molecule has 1 amide bonds. The maximum absolute atomic E-state index is 12.0. The quantitative estimate of drug-likeness (QED) is 0.705. The molecule has 2 atom stereocenters. The first-order valence-corrected chi connectivity index (χ1v) is 5.47. The minimum Gasteiger partial charge on any atom is -0.394 e. The average Bonchev–Trinajstić information content (AvgIpc) is 2.81. The van der Waals surface area contributed by atoms with E-state index >= 15 is 0 Å². The maximum Gasteiger partial charge on any atom is 0.224 e. The van der Waals surface area contributed by atoms with E-state index in [1.165, 1.54) is 0 Å². The highest BCUT2D eigenvalue weighted by Gasteiger charge is 2.49. The number of allylic oxidation sites excluding steroid dienone is 1. The van der Waals surface area contributed by atoms with Crippen LogP contribution in [-0.2, 0) is 4.79 Å². The number of amides is 1. The molecule has 0 aliphatic carbocycles. The van der Waals surface area contributed by atoms with Crippen molar-refractivity contribution in [1.29, 1.82) is 0 Å². The Morgan fingerprint density at radius 1 is 1.73 bits per heavy atom. The first kappa shape index (κ1) is 10.4. The zero-order chi connectivity index (χ0) is 10.9. The molecular formula is C12H17NO2. The molecule has 82 valence electrons. The number of aliphatic hydroxyl groups excluding tert-OH is 1. The van der Waals surface area contributed by atoms with Gasteiger partial charge in [-0.15, -0.1) is 6.58 Å². The number of fused-ring (bicyclic) bond motifs is 2. The lowest BCUT2D eigenvalue weighted by molar-refractivity contribution is -0.135. The first-order chi connectivity index (χ1) is 7.23. The molecule has 2 bridgehead atoms. The Kier molecular flexibility index (Phi) is 2.65. The van der Waals surface area contributed by atoms with Gasteiger partial charge in [-0.3, -0.25) is 4.79 Å². The number of carbonyl (C=O) groups excluding carboxylic acids is 1. The van der Waals surface area contributed by atoms with E-state index in [9.17, 15) is 9.90 Å². The molecule has 0 aromatic heterocycles. The molecule has 0 aromatic carbocycles. The molecule has 0 saturated carbocycles. The number of aliphatic hydroxyl groups is 1. The van der Waals surface area contributed by atoms with Gasteiger partial charge in [0.05, 0.1) is 18.2 Å². The maximum atomic E-state index is 12.0. The van der Waals surface area contributed by atoms with Crippen LogP contribution in [0.2, 0.25) is 0 Å². The van der Waals surface area contributed by atoms with Gasteiger partial charge in [-0.25, -0.2) is 0 Å². The summed E-state index contributed by atoms with van der Waals surface area (Å²) in [5.74, 6) is 0.136. The summed E-state index contributed by atoms with van der Waals surface area (Å²) in [4.78, 5) is 13.8. The normalized spacial score (nSPS) is 32.3. The third-order valence-corrected chi connectivity index (χ3v) is 3.42. The fraction of sp³-hybridized carbons (Fsp3) is 0.583. The molecule has 0 aromatic rings. The van der Waals surface area contributed by atoms with Crippen molar-refractivity contribution >= 4 is 5.91 Å². The van der Waals surface area contributed by atoms with Crippen molar-refractivity contribution in [2.24, 2.45) is 0 Å². The second-order valence-electron chi connectivity index (χ2n) is 4.32. The minimum absolute atomic E-state index is 0.0415. The molecule has 0 unspecified atom stereocenters. The first-order valence-electron chi connectivity index (χ1n) is 5.47. The molecular weight excluding hydrogens is 190 g/mol. The highest BCUT2D eigenvalue weighted by molar-refractivity contribution is 5.79. The number of rotatable bonds is 4. The predicted octanol–water partition coefficient (Wildman–Crippen LogP) is 1.24. The summed E-state index contributed by atoms with van der Waals surface area (Å²) in [6, 6.07) is 0.217. The van der Waals surface area contributed by atoms with Gasteiger partial charge in [-0.2, -0.15) is 0 Å². The lowest BCUT2D eigenvalue weighted by atomic mass is 9.94. The van der Waals surface area contributed by atoms with Crippen LogP contribution in [0.3, 0.4) is 0 Å². The number of hydrogen-bond acceptors (Lipinski definition) is 2. The molecule has 0 spiro atoms. The summed E-state index contributed by atoms with van der Waals surface area (Å²) in [6.07, 6.45) is 8.89. The lowest BCUT2D eigenvalue weighted by Gasteiger charge is -2.32. The van der Waals surface area contributed by atoms with Crippen molar-refractivity contribution in [2.45, 2.75) is 37.3 Å². The standard InChI is InChI=1S/C12H17NO2/c1-2-3-4-11(15)13-10-5-7-12(13,9-14)8-6-10/h2,5,7,10,14H,1,3-4,6,8-9H2/t10-,12+/m0/s1. The summed E-state index contributed by atoms with van der Waals surface area (Å²) in [6.45, 7) is 3.66. The van der Waals surface area contributed by atoms with Gasteiger partial charge >= 0.3 is 0 Å². The minimum atomic E-state index is -0.386. The molecule has 1 fully saturated rings. The van der Waals surface area contributed by atoms with Crippen LogP contribution in [0.4, 0.5) is 0 Å². The van der Waals surface area contributed by atoms with Crippen molar-refractivity contribution in [2.75, 3.05) is 6.61 Å². The van der Waals surface area contributed by atoms with E-state index in [2.05, 4.69) is 6.58 Å². The summed E-state index contributed by atoms with van der Waals surface area (Å²) in [5.41, 5.74) is -0.386. The van der Waals surface area contributed by atoms with Crippen LogP contribution in [0.25, 0.3) is 0 Å². The third kappa shape index (κ3) is 1.51. The fourth-order valence-electron chi connectivity index (χ4n) is 2.60. The highest BCUT2D eigenvalue weighted by Crippen LogP contribution is 2.41. The lowest BCUT2D eigenvalue weighted by Crippen LogP contribution is -2.48. The van der Waals surface area contributed by atoms with E-state index in [-0.39, 0.29) is 24.1 Å².